The van der Waals surface area contributed by atoms with Crippen molar-refractivity contribution in [2.45, 2.75) is 33.6 Å². The predicted octanol–water partition coefficient (Wildman–Crippen LogP) is 6.22. The number of hydrogen-bond donors (Lipinski definition) is 1. The normalized spacial score (nSPS) is 11.0. The molecule has 0 spiro atoms. The van der Waals surface area contributed by atoms with Crippen LogP contribution in [0.15, 0.2) is 54.6 Å². The van der Waals surface area contributed by atoms with E-state index in [-0.39, 0.29) is 11.6 Å². The highest BCUT2D eigenvalue weighted by atomic mass is 32.1. The fourth-order valence-electron chi connectivity index (χ4n) is 3.44. The second-order valence-corrected chi connectivity index (χ2v) is 8.86. The summed E-state index contributed by atoms with van der Waals surface area (Å²) in [6.45, 7) is 6.45. The lowest BCUT2D eigenvalue weighted by Crippen LogP contribution is -2.09. The minimum atomic E-state index is -0.111. The zero-order valence-corrected chi connectivity index (χ0v) is 18.3. The number of rotatable bonds is 7. The van der Waals surface area contributed by atoms with Crippen LogP contribution in [0.1, 0.15) is 40.0 Å². The molecule has 0 saturated carbocycles. The van der Waals surface area contributed by atoms with Crippen LogP contribution in [0.3, 0.4) is 0 Å². The minimum Gasteiger partial charge on any atom is -0.369 e. The lowest BCUT2D eigenvalue weighted by molar-refractivity contribution is 0.100. The Hall–Kier alpha value is -3.05. The average molecular weight is 416 g/mol. The van der Waals surface area contributed by atoms with Crippen LogP contribution in [0.25, 0.3) is 21.3 Å². The van der Waals surface area contributed by atoms with Crippen LogP contribution < -0.4 is 5.32 Å². The van der Waals surface area contributed by atoms with E-state index in [2.05, 4.69) is 76.8 Å². The van der Waals surface area contributed by atoms with Crippen molar-refractivity contribution in [3.05, 3.63) is 76.4 Å². The zero-order valence-electron chi connectivity index (χ0n) is 17.5. The standard InChI is InChI=1S/C25H25N3OS/c1-16-6-10-20(11-7-16)21-12-8-19(9-13-21)5-4-14-26-24-22-15-17(2)30-25(22)28-23(27-24)18(3)29/h6-13,15H,4-5,14H2,1-3H3,(H,26,27,28). The Kier molecular flexibility index (Phi) is 5.91. The van der Waals surface area contributed by atoms with Crippen LogP contribution in [0.5, 0.6) is 0 Å². The third kappa shape index (κ3) is 4.57. The van der Waals surface area contributed by atoms with Crippen molar-refractivity contribution in [3.8, 4) is 11.1 Å². The number of Topliss-reactive ketones (excluding diaryl/α,β-unsaturated/α-hetero) is 1. The molecule has 4 rings (SSSR count). The van der Waals surface area contributed by atoms with Gasteiger partial charge in [-0.05, 0) is 49.4 Å². The van der Waals surface area contributed by atoms with Gasteiger partial charge in [0, 0.05) is 18.3 Å². The van der Waals surface area contributed by atoms with E-state index in [1.54, 1.807) is 11.3 Å². The van der Waals surface area contributed by atoms with E-state index in [1.165, 1.54) is 29.2 Å². The first-order valence-corrected chi connectivity index (χ1v) is 11.0. The average Bonchev–Trinajstić information content (AvgIpc) is 3.12. The first kappa shape index (κ1) is 20.2. The molecule has 4 nitrogen and oxygen atoms in total. The van der Waals surface area contributed by atoms with Crippen molar-refractivity contribution in [2.75, 3.05) is 11.9 Å². The van der Waals surface area contributed by atoms with Gasteiger partial charge in [-0.15, -0.1) is 11.3 Å². The fraction of sp³-hybridized carbons (Fsp3) is 0.240. The molecule has 0 atom stereocenters. The third-order valence-corrected chi connectivity index (χ3v) is 6.05. The van der Waals surface area contributed by atoms with E-state index in [9.17, 15) is 4.79 Å². The van der Waals surface area contributed by atoms with Crippen molar-refractivity contribution in [1.82, 2.24) is 9.97 Å². The molecule has 0 unspecified atom stereocenters. The summed E-state index contributed by atoms with van der Waals surface area (Å²) in [6, 6.07) is 19.5. The molecule has 0 fully saturated rings. The van der Waals surface area contributed by atoms with Crippen molar-refractivity contribution in [1.29, 1.82) is 0 Å². The number of carbonyl (C=O) groups is 1. The molecular formula is C25H25N3OS. The molecule has 2 aromatic carbocycles. The molecule has 152 valence electrons. The molecule has 0 aliphatic rings. The molecule has 0 aliphatic heterocycles. The Morgan fingerprint density at radius 3 is 2.30 bits per heavy atom. The van der Waals surface area contributed by atoms with Crippen LogP contribution in [-0.2, 0) is 6.42 Å². The Bertz CT molecular complexity index is 1180. The lowest BCUT2D eigenvalue weighted by Gasteiger charge is -2.09. The van der Waals surface area contributed by atoms with Gasteiger partial charge < -0.3 is 5.32 Å². The van der Waals surface area contributed by atoms with Gasteiger partial charge >= 0.3 is 0 Å². The number of carbonyl (C=O) groups excluding carboxylic acids is 1. The number of ketones is 1. The largest absolute Gasteiger partial charge is 0.369 e. The number of fused-ring (bicyclic) bond motifs is 1. The molecule has 4 aromatic rings. The topological polar surface area (TPSA) is 54.9 Å². The molecule has 2 heterocycles. The number of hydrogen-bond acceptors (Lipinski definition) is 5. The molecule has 0 bridgehead atoms. The summed E-state index contributed by atoms with van der Waals surface area (Å²) in [7, 11) is 0. The second kappa shape index (κ2) is 8.76. The van der Waals surface area contributed by atoms with Gasteiger partial charge in [0.2, 0.25) is 0 Å². The first-order valence-electron chi connectivity index (χ1n) is 10.2. The number of aryl methyl sites for hydroxylation is 3. The van der Waals surface area contributed by atoms with E-state index < -0.39 is 0 Å². The van der Waals surface area contributed by atoms with Gasteiger partial charge in [0.1, 0.15) is 10.6 Å². The molecule has 1 N–H and O–H groups in total. The number of anilines is 1. The van der Waals surface area contributed by atoms with Crippen LogP contribution in [0.2, 0.25) is 0 Å². The maximum absolute atomic E-state index is 11.8. The van der Waals surface area contributed by atoms with Crippen LogP contribution in [0, 0.1) is 13.8 Å². The van der Waals surface area contributed by atoms with Gasteiger partial charge in [-0.25, -0.2) is 9.97 Å². The van der Waals surface area contributed by atoms with Gasteiger partial charge in [0.05, 0.1) is 5.39 Å². The number of nitrogens with zero attached hydrogens (tertiary/aromatic N) is 2. The second-order valence-electron chi connectivity index (χ2n) is 7.62. The summed E-state index contributed by atoms with van der Waals surface area (Å²) in [5.74, 6) is 0.919. The van der Waals surface area contributed by atoms with Crippen molar-refractivity contribution in [2.24, 2.45) is 0 Å². The Morgan fingerprint density at radius 1 is 0.967 bits per heavy atom. The maximum atomic E-state index is 11.8. The van der Waals surface area contributed by atoms with Crippen molar-refractivity contribution < 1.29 is 4.79 Å². The van der Waals surface area contributed by atoms with E-state index in [1.807, 2.05) is 6.92 Å². The van der Waals surface area contributed by atoms with E-state index in [0.717, 1.165) is 40.3 Å². The molecule has 30 heavy (non-hydrogen) atoms. The molecule has 0 aliphatic carbocycles. The van der Waals surface area contributed by atoms with Crippen LogP contribution in [0.4, 0.5) is 5.82 Å². The molecule has 0 saturated heterocycles. The molecular weight excluding hydrogens is 390 g/mol. The van der Waals surface area contributed by atoms with Crippen LogP contribution >= 0.6 is 11.3 Å². The number of benzene rings is 2. The van der Waals surface area contributed by atoms with Crippen molar-refractivity contribution >= 4 is 33.2 Å². The maximum Gasteiger partial charge on any atom is 0.199 e. The fourth-order valence-corrected chi connectivity index (χ4v) is 4.32. The smallest absolute Gasteiger partial charge is 0.199 e. The van der Waals surface area contributed by atoms with E-state index in [0.29, 0.717) is 0 Å². The quantitative estimate of drug-likeness (QED) is 0.287. The summed E-state index contributed by atoms with van der Waals surface area (Å²) in [4.78, 5) is 22.6. The van der Waals surface area contributed by atoms with Gasteiger partial charge in [-0.2, -0.15) is 0 Å². The predicted molar refractivity (Wildman–Crippen MR) is 126 cm³/mol. The number of nitrogens with one attached hydrogen (secondary N) is 1. The van der Waals surface area contributed by atoms with E-state index >= 15 is 0 Å². The Balaban J connectivity index is 1.38. The van der Waals surface area contributed by atoms with Gasteiger partial charge in [0.15, 0.2) is 11.6 Å². The van der Waals surface area contributed by atoms with Crippen LogP contribution in [-0.4, -0.2) is 22.3 Å². The molecule has 0 radical (unpaired) electrons. The van der Waals surface area contributed by atoms with Gasteiger partial charge in [0.25, 0.3) is 0 Å². The summed E-state index contributed by atoms with van der Waals surface area (Å²) in [5.41, 5.74) is 5.08. The molecule has 2 aromatic heterocycles. The number of thiophene rings is 1. The highest BCUT2D eigenvalue weighted by Crippen LogP contribution is 2.28. The van der Waals surface area contributed by atoms with Crippen molar-refractivity contribution in [3.63, 3.8) is 0 Å². The molecule has 5 heteroatoms. The summed E-state index contributed by atoms with van der Waals surface area (Å²) < 4.78 is 0. The molecule has 0 amide bonds. The Morgan fingerprint density at radius 2 is 1.63 bits per heavy atom. The SMILES string of the molecule is CC(=O)c1nc(NCCCc2ccc(-c3ccc(C)cc3)cc2)c2cc(C)sc2n1. The zero-order chi connectivity index (χ0) is 21.1. The summed E-state index contributed by atoms with van der Waals surface area (Å²) in [5, 5.41) is 4.40. The third-order valence-electron chi connectivity index (χ3n) is 5.10. The van der Waals surface area contributed by atoms with Gasteiger partial charge in [-0.3, -0.25) is 4.79 Å². The minimum absolute atomic E-state index is 0.111. The van der Waals surface area contributed by atoms with E-state index in [4.69, 9.17) is 0 Å². The summed E-state index contributed by atoms with van der Waals surface area (Å²) in [6.07, 6.45) is 1.96. The lowest BCUT2D eigenvalue weighted by atomic mass is 10.0. The number of aromatic nitrogens is 2. The highest BCUT2D eigenvalue weighted by Gasteiger charge is 2.12. The monoisotopic (exact) mass is 415 g/mol. The highest BCUT2D eigenvalue weighted by molar-refractivity contribution is 7.18. The first-order chi connectivity index (χ1) is 14.5. The Labute approximate surface area is 181 Å². The summed E-state index contributed by atoms with van der Waals surface area (Å²) >= 11 is 1.59. The van der Waals surface area contributed by atoms with Gasteiger partial charge in [-0.1, -0.05) is 54.1 Å².